The summed E-state index contributed by atoms with van der Waals surface area (Å²) in [5.74, 6) is -1.35. The van der Waals surface area contributed by atoms with Crippen LogP contribution in [0.2, 0.25) is 5.02 Å². The lowest BCUT2D eigenvalue weighted by molar-refractivity contribution is -0.304. The van der Waals surface area contributed by atoms with Gasteiger partial charge in [-0.25, -0.2) is 4.79 Å². The van der Waals surface area contributed by atoms with E-state index in [1.165, 1.54) is 5.69 Å². The Morgan fingerprint density at radius 1 is 1.06 bits per heavy atom. The average Bonchev–Trinajstić information content (AvgIpc) is 2.87. The number of benzene rings is 2. The third-order valence-corrected chi connectivity index (χ3v) is 6.68. The molecule has 5 rings (SSSR count). The molecule has 0 atom stereocenters. The monoisotopic (exact) mass is 488 g/mol. The van der Waals surface area contributed by atoms with Crippen molar-refractivity contribution in [1.29, 1.82) is 0 Å². The van der Waals surface area contributed by atoms with Crippen LogP contribution >= 0.6 is 11.6 Å². The quantitative estimate of drug-likeness (QED) is 0.385. The summed E-state index contributed by atoms with van der Waals surface area (Å²) in [5.41, 5.74) is 2.83. The molecule has 2 aromatic heterocycles. The Bertz CT molecular complexity index is 1420. The number of fused-ring (bicyclic) bond motifs is 1. The van der Waals surface area contributed by atoms with E-state index in [0.717, 1.165) is 31.7 Å². The molecule has 0 spiro atoms. The van der Waals surface area contributed by atoms with Crippen LogP contribution in [0.5, 0.6) is 0 Å². The summed E-state index contributed by atoms with van der Waals surface area (Å²) >= 11 is 6.61. The van der Waals surface area contributed by atoms with E-state index in [2.05, 4.69) is 26.9 Å². The number of para-hydroxylation sites is 1. The van der Waals surface area contributed by atoms with Crippen molar-refractivity contribution in [1.82, 2.24) is 9.88 Å². The number of carboxylic acid groups (broad SMARTS) is 1. The number of piperazine rings is 1. The third-order valence-electron chi connectivity index (χ3n) is 6.33. The maximum Gasteiger partial charge on any atom is 0.340 e. The maximum atomic E-state index is 12.7. The molecule has 3 heterocycles. The molecule has 0 unspecified atom stereocenters. The minimum Gasteiger partial charge on any atom is -0.550 e. The van der Waals surface area contributed by atoms with Gasteiger partial charge >= 0.3 is 5.63 Å². The summed E-state index contributed by atoms with van der Waals surface area (Å²) in [6.45, 7) is 4.18. The van der Waals surface area contributed by atoms with E-state index in [1.54, 1.807) is 30.6 Å². The molecule has 35 heavy (non-hydrogen) atoms. The highest BCUT2D eigenvalue weighted by atomic mass is 35.5. The molecule has 0 amide bonds. The van der Waals surface area contributed by atoms with Gasteiger partial charge in [0.2, 0.25) is 0 Å². The summed E-state index contributed by atoms with van der Waals surface area (Å²) in [4.78, 5) is 32.9. The molecule has 0 aliphatic carbocycles. The summed E-state index contributed by atoms with van der Waals surface area (Å²) < 4.78 is 5.47. The average molecular weight is 489 g/mol. The van der Waals surface area contributed by atoms with Gasteiger partial charge in [0.25, 0.3) is 0 Å². The van der Waals surface area contributed by atoms with Gasteiger partial charge in [-0.3, -0.25) is 9.88 Å². The lowest BCUT2D eigenvalue weighted by Crippen LogP contribution is -2.46. The maximum absolute atomic E-state index is 12.7. The summed E-state index contributed by atoms with van der Waals surface area (Å²) in [6, 6.07) is 17.4. The number of hydrogen-bond donors (Lipinski definition) is 0. The van der Waals surface area contributed by atoms with E-state index < -0.39 is 18.0 Å². The second-order valence-corrected chi connectivity index (χ2v) is 8.98. The molecule has 0 radical (unpaired) electrons. The van der Waals surface area contributed by atoms with Gasteiger partial charge in [-0.1, -0.05) is 35.9 Å². The second kappa shape index (κ2) is 9.90. The van der Waals surface area contributed by atoms with Crippen molar-refractivity contribution in [3.63, 3.8) is 0 Å². The number of anilines is 1. The largest absolute Gasteiger partial charge is 0.550 e. The van der Waals surface area contributed by atoms with Gasteiger partial charge in [-0.2, -0.15) is 0 Å². The van der Waals surface area contributed by atoms with Crippen molar-refractivity contribution in [3.8, 4) is 11.1 Å². The van der Waals surface area contributed by atoms with Gasteiger partial charge in [0.1, 0.15) is 5.58 Å². The highest BCUT2D eigenvalue weighted by Gasteiger charge is 2.21. The first-order valence-electron chi connectivity index (χ1n) is 11.4. The lowest BCUT2D eigenvalue weighted by atomic mass is 9.95. The number of aliphatic carboxylic acids is 1. The van der Waals surface area contributed by atoms with Crippen LogP contribution in [0.1, 0.15) is 11.1 Å². The molecular weight excluding hydrogens is 466 g/mol. The number of nitrogens with zero attached hydrogens (tertiary/aromatic N) is 3. The Hall–Kier alpha value is -3.68. The molecular formula is C27H23ClN3O4-. The zero-order chi connectivity index (χ0) is 24.4. The van der Waals surface area contributed by atoms with Crippen molar-refractivity contribution >= 4 is 34.2 Å². The van der Waals surface area contributed by atoms with Crippen LogP contribution in [0.15, 0.2) is 76.2 Å². The first-order chi connectivity index (χ1) is 17.0. The zero-order valence-electron chi connectivity index (χ0n) is 18.9. The van der Waals surface area contributed by atoms with Gasteiger partial charge in [-0.15, -0.1) is 0 Å². The summed E-state index contributed by atoms with van der Waals surface area (Å²) in [7, 11) is 0. The Morgan fingerprint density at radius 2 is 1.83 bits per heavy atom. The second-order valence-electron chi connectivity index (χ2n) is 8.57. The van der Waals surface area contributed by atoms with Gasteiger partial charge in [-0.05, 0) is 29.8 Å². The SMILES string of the molecule is O=C([O-])Cc1c(-c2cccnc2)c2cc(CN3CCN(c4ccccc4)CC3)c(Cl)cc2oc1=O. The van der Waals surface area contributed by atoms with Crippen molar-refractivity contribution < 1.29 is 14.3 Å². The van der Waals surface area contributed by atoms with Gasteiger partial charge in [0.15, 0.2) is 0 Å². The molecule has 1 aliphatic heterocycles. The van der Waals surface area contributed by atoms with Crippen LogP contribution in [0.4, 0.5) is 5.69 Å². The van der Waals surface area contributed by atoms with E-state index in [0.29, 0.717) is 33.7 Å². The van der Waals surface area contributed by atoms with Gasteiger partial charge in [0, 0.05) is 90.8 Å². The predicted molar refractivity (Wildman–Crippen MR) is 133 cm³/mol. The first-order valence-corrected chi connectivity index (χ1v) is 11.8. The van der Waals surface area contributed by atoms with Crippen LogP contribution in [-0.2, 0) is 17.8 Å². The predicted octanol–water partition coefficient (Wildman–Crippen LogP) is 3.12. The molecule has 8 heteroatoms. The van der Waals surface area contributed by atoms with E-state index >= 15 is 0 Å². The fourth-order valence-electron chi connectivity index (χ4n) is 4.62. The molecule has 0 N–H and O–H groups in total. The number of pyridine rings is 1. The molecule has 178 valence electrons. The van der Waals surface area contributed by atoms with Crippen LogP contribution in [-0.4, -0.2) is 42.0 Å². The number of carboxylic acids is 1. The molecule has 1 aliphatic rings. The minimum absolute atomic E-state index is 0.0373. The fourth-order valence-corrected chi connectivity index (χ4v) is 4.83. The van der Waals surface area contributed by atoms with Gasteiger partial charge < -0.3 is 19.2 Å². The molecule has 0 bridgehead atoms. The number of aromatic nitrogens is 1. The van der Waals surface area contributed by atoms with Crippen molar-refractivity contribution in [2.75, 3.05) is 31.1 Å². The normalized spacial score (nSPS) is 14.4. The Labute approximate surface area is 207 Å². The molecule has 1 fully saturated rings. The first kappa shape index (κ1) is 23.1. The topological polar surface area (TPSA) is 89.7 Å². The standard InChI is InChI=1S/C27H24ClN3O4/c28-23-15-24-21(26(18-5-4-8-29-16-18)22(14-25(32)33)27(34)35-24)13-19(23)17-30-9-11-31(12-10-30)20-6-2-1-3-7-20/h1-8,13,15-16H,9-12,14,17H2,(H,32,33)/p-1. The van der Waals surface area contributed by atoms with Gasteiger partial charge in [0.05, 0.1) is 5.56 Å². The van der Waals surface area contributed by atoms with E-state index in [4.69, 9.17) is 16.0 Å². The van der Waals surface area contributed by atoms with Crippen LogP contribution in [0.25, 0.3) is 22.1 Å². The molecule has 1 saturated heterocycles. The number of carbonyl (C=O) groups is 1. The zero-order valence-corrected chi connectivity index (χ0v) is 19.7. The Morgan fingerprint density at radius 3 is 2.51 bits per heavy atom. The number of rotatable bonds is 6. The van der Waals surface area contributed by atoms with Crippen LogP contribution in [0, 0.1) is 0 Å². The van der Waals surface area contributed by atoms with E-state index in [1.807, 2.05) is 24.3 Å². The number of halogens is 1. The molecule has 4 aromatic rings. The van der Waals surface area contributed by atoms with Crippen molar-refractivity contribution in [2.24, 2.45) is 0 Å². The summed E-state index contributed by atoms with van der Waals surface area (Å²) in [5, 5.41) is 12.5. The van der Waals surface area contributed by atoms with Crippen LogP contribution < -0.4 is 15.6 Å². The highest BCUT2D eigenvalue weighted by Crippen LogP contribution is 2.34. The smallest absolute Gasteiger partial charge is 0.340 e. The van der Waals surface area contributed by atoms with Crippen molar-refractivity contribution in [2.45, 2.75) is 13.0 Å². The molecule has 0 saturated carbocycles. The van der Waals surface area contributed by atoms with Crippen LogP contribution in [0.3, 0.4) is 0 Å². The summed E-state index contributed by atoms with van der Waals surface area (Å²) in [6.07, 6.45) is 2.67. The van der Waals surface area contributed by atoms with Crippen molar-refractivity contribution in [3.05, 3.63) is 93.6 Å². The third kappa shape index (κ3) is 4.92. The molecule has 7 nitrogen and oxygen atoms in total. The fraction of sp³-hybridized carbons (Fsp3) is 0.222. The Balaban J connectivity index is 1.49. The number of carbonyl (C=O) groups excluding carboxylic acids is 1. The minimum atomic E-state index is -1.35. The Kier molecular flexibility index (Phi) is 6.53. The van der Waals surface area contributed by atoms with E-state index in [-0.39, 0.29) is 5.56 Å². The highest BCUT2D eigenvalue weighted by molar-refractivity contribution is 6.32. The number of hydrogen-bond acceptors (Lipinski definition) is 7. The van der Waals surface area contributed by atoms with E-state index in [9.17, 15) is 14.7 Å². The lowest BCUT2D eigenvalue weighted by Gasteiger charge is -2.36. The molecule has 2 aromatic carbocycles.